The fourth-order valence-electron chi connectivity index (χ4n) is 1.09. The lowest BCUT2D eigenvalue weighted by Crippen LogP contribution is -2.30. The highest BCUT2D eigenvalue weighted by Gasteiger charge is 2.23. The maximum absolute atomic E-state index is 11.3. The fourth-order valence-corrected chi connectivity index (χ4v) is 1.09. The summed E-state index contributed by atoms with van der Waals surface area (Å²) < 4.78 is 0. The first-order valence-electron chi connectivity index (χ1n) is 4.58. The summed E-state index contributed by atoms with van der Waals surface area (Å²) in [6.07, 6.45) is 2.16. The molecule has 0 radical (unpaired) electrons. The van der Waals surface area contributed by atoms with Crippen molar-refractivity contribution in [3.8, 4) is 0 Å². The van der Waals surface area contributed by atoms with Gasteiger partial charge in [0.05, 0.1) is 0 Å². The summed E-state index contributed by atoms with van der Waals surface area (Å²) in [6.45, 7) is 0. The third-order valence-corrected chi connectivity index (χ3v) is 1.99. The van der Waals surface area contributed by atoms with Crippen molar-refractivity contribution in [2.75, 3.05) is 17.7 Å². The van der Waals surface area contributed by atoms with Gasteiger partial charge in [-0.15, -0.1) is 0 Å². The van der Waals surface area contributed by atoms with Crippen molar-refractivity contribution >= 4 is 17.7 Å². The number of aromatic amines is 1. The van der Waals surface area contributed by atoms with Crippen LogP contribution in [0.3, 0.4) is 0 Å². The molecule has 1 saturated carbocycles. The smallest absolute Gasteiger partial charge is 0.320 e. The molecule has 6 nitrogen and oxygen atoms in total. The number of H-pyrrole nitrogens is 1. The Morgan fingerprint density at radius 2 is 2.43 bits per heavy atom. The van der Waals surface area contributed by atoms with Crippen LogP contribution in [0.2, 0.25) is 0 Å². The number of anilines is 2. The maximum Gasteiger partial charge on any atom is 0.320 e. The molecule has 0 saturated heterocycles. The molecule has 1 fully saturated rings. The number of nitrogens with one attached hydrogen (secondary N) is 4. The van der Waals surface area contributed by atoms with Crippen LogP contribution in [0.25, 0.3) is 0 Å². The van der Waals surface area contributed by atoms with Crippen molar-refractivity contribution in [2.24, 2.45) is 0 Å². The van der Waals surface area contributed by atoms with Gasteiger partial charge in [-0.05, 0) is 12.8 Å². The van der Waals surface area contributed by atoms with Gasteiger partial charge >= 0.3 is 6.03 Å². The number of amides is 2. The Bertz CT molecular complexity index is 330. The van der Waals surface area contributed by atoms with Crippen LogP contribution in [-0.4, -0.2) is 29.3 Å². The molecule has 6 heteroatoms. The van der Waals surface area contributed by atoms with Gasteiger partial charge in [-0.25, -0.2) is 4.79 Å². The largest absolute Gasteiger partial charge is 0.372 e. The van der Waals surface area contributed by atoms with Gasteiger partial charge in [0.25, 0.3) is 0 Å². The quantitative estimate of drug-likeness (QED) is 0.574. The molecule has 0 spiro atoms. The highest BCUT2D eigenvalue weighted by Crippen LogP contribution is 2.18. The van der Waals surface area contributed by atoms with Crippen LogP contribution in [0.5, 0.6) is 0 Å². The Hall–Kier alpha value is -1.72. The van der Waals surface area contributed by atoms with Gasteiger partial charge in [0.2, 0.25) is 0 Å². The van der Waals surface area contributed by atoms with Gasteiger partial charge in [0.15, 0.2) is 0 Å². The van der Waals surface area contributed by atoms with E-state index in [1.165, 1.54) is 0 Å². The SMILES string of the molecule is CNc1cc(NC(=O)NC2CC2)[nH]n1. The summed E-state index contributed by atoms with van der Waals surface area (Å²) in [6, 6.07) is 1.91. The average Bonchev–Trinajstić information content (AvgIpc) is 2.83. The molecule has 0 unspecified atom stereocenters. The number of nitrogens with zero attached hydrogens (tertiary/aromatic N) is 1. The number of carbonyl (C=O) groups excluding carboxylic acids is 1. The van der Waals surface area contributed by atoms with Crippen molar-refractivity contribution in [2.45, 2.75) is 18.9 Å². The number of aromatic nitrogens is 2. The zero-order valence-corrected chi connectivity index (χ0v) is 7.92. The summed E-state index contributed by atoms with van der Waals surface area (Å²) in [5.41, 5.74) is 0. The van der Waals surface area contributed by atoms with E-state index in [4.69, 9.17) is 0 Å². The minimum absolute atomic E-state index is 0.182. The van der Waals surface area contributed by atoms with Crippen LogP contribution < -0.4 is 16.0 Å². The molecule has 1 heterocycles. The number of carbonyl (C=O) groups is 1. The molecular weight excluding hydrogens is 182 g/mol. The highest BCUT2D eigenvalue weighted by molar-refractivity contribution is 5.88. The Labute approximate surface area is 81.5 Å². The van der Waals surface area contributed by atoms with Crippen LogP contribution in [0, 0.1) is 0 Å². The van der Waals surface area contributed by atoms with E-state index in [0.29, 0.717) is 17.7 Å². The Morgan fingerprint density at radius 3 is 3.00 bits per heavy atom. The Balaban J connectivity index is 1.85. The lowest BCUT2D eigenvalue weighted by Gasteiger charge is -2.02. The zero-order valence-electron chi connectivity index (χ0n) is 7.92. The summed E-state index contributed by atoms with van der Waals surface area (Å²) in [5.74, 6) is 1.29. The second kappa shape index (κ2) is 3.57. The van der Waals surface area contributed by atoms with E-state index in [9.17, 15) is 4.79 Å². The predicted molar refractivity (Wildman–Crippen MR) is 53.3 cm³/mol. The molecular formula is C8H13N5O. The topological polar surface area (TPSA) is 81.8 Å². The monoisotopic (exact) mass is 195 g/mol. The number of hydrogen-bond donors (Lipinski definition) is 4. The van der Waals surface area contributed by atoms with Gasteiger partial charge < -0.3 is 10.6 Å². The molecule has 0 atom stereocenters. The van der Waals surface area contributed by atoms with Crippen molar-refractivity contribution in [1.82, 2.24) is 15.5 Å². The minimum atomic E-state index is -0.182. The first-order valence-corrected chi connectivity index (χ1v) is 4.58. The third kappa shape index (κ3) is 2.15. The second-order valence-electron chi connectivity index (χ2n) is 3.29. The van der Waals surface area contributed by atoms with E-state index in [1.54, 1.807) is 13.1 Å². The van der Waals surface area contributed by atoms with Gasteiger partial charge in [-0.2, -0.15) is 5.10 Å². The molecule has 2 amide bonds. The van der Waals surface area contributed by atoms with Crippen LogP contribution in [0.15, 0.2) is 6.07 Å². The van der Waals surface area contributed by atoms with Gasteiger partial charge in [-0.1, -0.05) is 0 Å². The van der Waals surface area contributed by atoms with Gasteiger partial charge in [0.1, 0.15) is 11.6 Å². The van der Waals surface area contributed by atoms with Crippen molar-refractivity contribution in [1.29, 1.82) is 0 Å². The average molecular weight is 195 g/mol. The summed E-state index contributed by atoms with van der Waals surface area (Å²) in [7, 11) is 1.77. The summed E-state index contributed by atoms with van der Waals surface area (Å²) >= 11 is 0. The molecule has 4 N–H and O–H groups in total. The Morgan fingerprint density at radius 1 is 1.64 bits per heavy atom. The van der Waals surface area contributed by atoms with E-state index >= 15 is 0 Å². The number of urea groups is 1. The molecule has 0 bridgehead atoms. The van der Waals surface area contributed by atoms with Crippen molar-refractivity contribution in [3.05, 3.63) is 6.07 Å². The molecule has 14 heavy (non-hydrogen) atoms. The molecule has 1 aromatic rings. The number of rotatable bonds is 3. The van der Waals surface area contributed by atoms with Crippen LogP contribution in [0.1, 0.15) is 12.8 Å². The zero-order chi connectivity index (χ0) is 9.97. The first-order chi connectivity index (χ1) is 6.78. The molecule has 0 aliphatic heterocycles. The maximum atomic E-state index is 11.3. The van der Waals surface area contributed by atoms with Crippen LogP contribution in [0.4, 0.5) is 16.4 Å². The lowest BCUT2D eigenvalue weighted by molar-refractivity contribution is 0.251. The number of hydrogen-bond acceptors (Lipinski definition) is 3. The van der Waals surface area contributed by atoms with E-state index in [1.807, 2.05) is 0 Å². The second-order valence-corrected chi connectivity index (χ2v) is 3.29. The van der Waals surface area contributed by atoms with E-state index < -0.39 is 0 Å². The lowest BCUT2D eigenvalue weighted by atomic mass is 10.5. The third-order valence-electron chi connectivity index (χ3n) is 1.99. The Kier molecular flexibility index (Phi) is 2.26. The summed E-state index contributed by atoms with van der Waals surface area (Å²) in [4.78, 5) is 11.3. The molecule has 0 aromatic carbocycles. The molecule has 1 aliphatic carbocycles. The van der Waals surface area contributed by atoms with Crippen molar-refractivity contribution in [3.63, 3.8) is 0 Å². The van der Waals surface area contributed by atoms with Gasteiger partial charge in [-0.3, -0.25) is 10.4 Å². The van der Waals surface area contributed by atoms with E-state index in [-0.39, 0.29) is 6.03 Å². The summed E-state index contributed by atoms with van der Waals surface area (Å²) in [5, 5.41) is 14.9. The van der Waals surface area contributed by atoms with Gasteiger partial charge in [0, 0.05) is 19.2 Å². The van der Waals surface area contributed by atoms with E-state index in [0.717, 1.165) is 12.8 Å². The molecule has 2 rings (SSSR count). The molecule has 76 valence electrons. The first kappa shape index (κ1) is 8.86. The normalized spacial score (nSPS) is 14.9. The highest BCUT2D eigenvalue weighted by atomic mass is 16.2. The molecule has 1 aliphatic rings. The fraction of sp³-hybridized carbons (Fsp3) is 0.500. The standard InChI is InChI=1S/C8H13N5O/c1-9-6-4-7(13-12-6)11-8(14)10-5-2-3-5/h4-5H,2-3H2,1H3,(H4,9,10,11,12,13,14). The molecule has 1 aromatic heterocycles. The van der Waals surface area contributed by atoms with Crippen LogP contribution in [-0.2, 0) is 0 Å². The van der Waals surface area contributed by atoms with Crippen molar-refractivity contribution < 1.29 is 4.79 Å². The predicted octanol–water partition coefficient (Wildman–Crippen LogP) is 0.735. The van der Waals surface area contributed by atoms with E-state index in [2.05, 4.69) is 26.1 Å². The minimum Gasteiger partial charge on any atom is -0.372 e. The van der Waals surface area contributed by atoms with Crippen LogP contribution >= 0.6 is 0 Å².